The Morgan fingerprint density at radius 3 is 2.25 bits per heavy atom. The molecule has 1 rings (SSSR count). The number of hydrogen-bond donors (Lipinski definition) is 0. The average Bonchev–Trinajstić information content (AvgIpc) is 2.49. The number of hydrogen-bond acceptors (Lipinski definition) is 6. The van der Waals surface area contributed by atoms with Crippen LogP contribution >= 0.6 is 0 Å². The molecule has 140 valence electrons. The monoisotopic (exact) mass is 344 g/mol. The maximum absolute atomic E-state index is 11.3. The van der Waals surface area contributed by atoms with E-state index in [0.29, 0.717) is 13.0 Å². The number of rotatable bonds is 10. The summed E-state index contributed by atoms with van der Waals surface area (Å²) >= 11 is 0. The lowest BCUT2D eigenvalue weighted by Crippen LogP contribution is -2.51. The molecule has 1 aliphatic rings. The Kier molecular flexibility index (Phi) is 9.95. The minimum Gasteiger partial charge on any atom is -0.458 e. The Bertz CT molecular complexity index is 384. The Labute approximate surface area is 145 Å². The highest BCUT2D eigenvalue weighted by atomic mass is 16.7. The fraction of sp³-hybridized carbons (Fsp3) is 0.889. The number of unbranched alkanes of at least 4 members (excludes halogenated alkanes) is 5. The van der Waals surface area contributed by atoms with Crippen LogP contribution in [0.3, 0.4) is 0 Å². The number of esters is 2. The van der Waals surface area contributed by atoms with Gasteiger partial charge in [-0.1, -0.05) is 39.0 Å². The van der Waals surface area contributed by atoms with Gasteiger partial charge in [-0.05, 0) is 13.3 Å². The average molecular weight is 344 g/mol. The summed E-state index contributed by atoms with van der Waals surface area (Å²) in [7, 11) is 0. The van der Waals surface area contributed by atoms with E-state index in [-0.39, 0.29) is 6.10 Å². The lowest BCUT2D eigenvalue weighted by Gasteiger charge is -2.38. The molecule has 0 aromatic heterocycles. The Hall–Kier alpha value is -1.14. The second-order valence-corrected chi connectivity index (χ2v) is 6.37. The quantitative estimate of drug-likeness (QED) is 0.447. The van der Waals surface area contributed by atoms with Gasteiger partial charge in [-0.25, -0.2) is 0 Å². The van der Waals surface area contributed by atoms with E-state index in [1.54, 1.807) is 6.92 Å². The van der Waals surface area contributed by atoms with Crippen molar-refractivity contribution in [2.24, 2.45) is 0 Å². The van der Waals surface area contributed by atoms with E-state index in [4.69, 9.17) is 18.9 Å². The van der Waals surface area contributed by atoms with Crippen molar-refractivity contribution < 1.29 is 28.5 Å². The third-order valence-electron chi connectivity index (χ3n) is 4.04. The second-order valence-electron chi connectivity index (χ2n) is 6.37. The molecule has 0 unspecified atom stereocenters. The standard InChI is InChI=1S/C18H32O6/c1-5-6-7-8-9-10-11-21-17-12-16(23-14(3)19)18(13(2)22-17)24-15(4)20/h13,16-18H,5-12H2,1-4H3/t13-,16-,17-,18-/m0/s1. The molecule has 0 radical (unpaired) electrons. The van der Waals surface area contributed by atoms with Gasteiger partial charge in [0.25, 0.3) is 0 Å². The summed E-state index contributed by atoms with van der Waals surface area (Å²) in [6, 6.07) is 0. The van der Waals surface area contributed by atoms with Crippen LogP contribution in [0, 0.1) is 0 Å². The van der Waals surface area contributed by atoms with E-state index >= 15 is 0 Å². The van der Waals surface area contributed by atoms with E-state index in [2.05, 4.69) is 6.92 Å². The van der Waals surface area contributed by atoms with Gasteiger partial charge in [0.15, 0.2) is 12.4 Å². The molecule has 0 aromatic rings. The first-order valence-electron chi connectivity index (χ1n) is 9.05. The molecule has 0 aliphatic carbocycles. The lowest BCUT2D eigenvalue weighted by atomic mass is 10.0. The first-order valence-corrected chi connectivity index (χ1v) is 9.05. The van der Waals surface area contributed by atoms with Gasteiger partial charge < -0.3 is 18.9 Å². The van der Waals surface area contributed by atoms with E-state index < -0.39 is 30.4 Å². The van der Waals surface area contributed by atoms with Crippen LogP contribution in [-0.4, -0.2) is 43.1 Å². The summed E-state index contributed by atoms with van der Waals surface area (Å²) in [5, 5.41) is 0. The predicted octanol–water partition coefficient (Wildman–Crippen LogP) is 3.36. The van der Waals surface area contributed by atoms with Crippen LogP contribution in [0.4, 0.5) is 0 Å². The van der Waals surface area contributed by atoms with Crippen molar-refractivity contribution in [3.8, 4) is 0 Å². The lowest BCUT2D eigenvalue weighted by molar-refractivity contribution is -0.255. The van der Waals surface area contributed by atoms with Crippen LogP contribution in [-0.2, 0) is 28.5 Å². The zero-order valence-electron chi connectivity index (χ0n) is 15.4. The van der Waals surface area contributed by atoms with Crippen molar-refractivity contribution in [1.82, 2.24) is 0 Å². The minimum absolute atomic E-state index is 0.373. The largest absolute Gasteiger partial charge is 0.458 e. The van der Waals surface area contributed by atoms with Crippen LogP contribution in [0.2, 0.25) is 0 Å². The van der Waals surface area contributed by atoms with E-state index in [0.717, 1.165) is 12.8 Å². The Morgan fingerprint density at radius 2 is 1.62 bits per heavy atom. The molecule has 0 saturated carbocycles. The summed E-state index contributed by atoms with van der Waals surface area (Å²) in [5.41, 5.74) is 0. The highest BCUT2D eigenvalue weighted by molar-refractivity contribution is 5.67. The molecule has 4 atom stereocenters. The molecule has 1 heterocycles. The maximum Gasteiger partial charge on any atom is 0.303 e. The van der Waals surface area contributed by atoms with Gasteiger partial charge >= 0.3 is 11.9 Å². The first-order chi connectivity index (χ1) is 11.4. The summed E-state index contributed by atoms with van der Waals surface area (Å²) in [5.74, 6) is -0.819. The zero-order chi connectivity index (χ0) is 17.9. The van der Waals surface area contributed by atoms with E-state index in [9.17, 15) is 9.59 Å². The highest BCUT2D eigenvalue weighted by Crippen LogP contribution is 2.26. The van der Waals surface area contributed by atoms with Gasteiger partial charge in [-0.15, -0.1) is 0 Å². The second kappa shape index (κ2) is 11.4. The molecule has 6 nitrogen and oxygen atoms in total. The molecule has 0 N–H and O–H groups in total. The highest BCUT2D eigenvalue weighted by Gasteiger charge is 2.41. The van der Waals surface area contributed by atoms with E-state index in [1.165, 1.54) is 39.5 Å². The third kappa shape index (κ3) is 8.11. The van der Waals surface area contributed by atoms with Crippen molar-refractivity contribution in [2.45, 2.75) is 97.2 Å². The normalized spacial score (nSPS) is 26.8. The molecular formula is C18H32O6. The third-order valence-corrected chi connectivity index (χ3v) is 4.04. The molecule has 1 fully saturated rings. The molecular weight excluding hydrogens is 312 g/mol. The van der Waals surface area contributed by atoms with Crippen molar-refractivity contribution in [2.75, 3.05) is 6.61 Å². The Balaban J connectivity index is 2.39. The van der Waals surface area contributed by atoms with Gasteiger partial charge in [-0.3, -0.25) is 9.59 Å². The van der Waals surface area contributed by atoms with Gasteiger partial charge in [0.1, 0.15) is 6.10 Å². The summed E-state index contributed by atoms with van der Waals surface area (Å²) in [6.45, 7) is 7.29. The fourth-order valence-electron chi connectivity index (χ4n) is 2.89. The zero-order valence-corrected chi connectivity index (χ0v) is 15.4. The van der Waals surface area contributed by atoms with Crippen LogP contribution in [0.15, 0.2) is 0 Å². The van der Waals surface area contributed by atoms with Gasteiger partial charge in [0, 0.05) is 26.9 Å². The SMILES string of the molecule is CCCCCCCCO[C@@H]1C[C@H](OC(C)=O)[C@@H](OC(C)=O)[C@H](C)O1. The summed E-state index contributed by atoms with van der Waals surface area (Å²) < 4.78 is 22.1. The molecule has 0 aromatic carbocycles. The number of carbonyl (C=O) groups excluding carboxylic acids is 2. The molecule has 6 heteroatoms. The molecule has 1 saturated heterocycles. The van der Waals surface area contributed by atoms with E-state index in [1.807, 2.05) is 0 Å². The van der Waals surface area contributed by atoms with Crippen molar-refractivity contribution in [1.29, 1.82) is 0 Å². The van der Waals surface area contributed by atoms with Gasteiger partial charge in [0.2, 0.25) is 0 Å². The molecule has 24 heavy (non-hydrogen) atoms. The molecule has 0 bridgehead atoms. The van der Waals surface area contributed by atoms with Gasteiger partial charge in [0.05, 0.1) is 6.10 Å². The van der Waals surface area contributed by atoms with Crippen LogP contribution in [0.25, 0.3) is 0 Å². The van der Waals surface area contributed by atoms with Crippen LogP contribution < -0.4 is 0 Å². The van der Waals surface area contributed by atoms with Crippen LogP contribution in [0.1, 0.15) is 72.6 Å². The number of ether oxygens (including phenoxy) is 4. The van der Waals surface area contributed by atoms with Crippen molar-refractivity contribution in [3.63, 3.8) is 0 Å². The topological polar surface area (TPSA) is 71.1 Å². The fourth-order valence-corrected chi connectivity index (χ4v) is 2.89. The van der Waals surface area contributed by atoms with Gasteiger partial charge in [-0.2, -0.15) is 0 Å². The molecule has 0 spiro atoms. The first kappa shape index (κ1) is 20.9. The number of carbonyl (C=O) groups is 2. The maximum atomic E-state index is 11.3. The smallest absolute Gasteiger partial charge is 0.303 e. The molecule has 0 amide bonds. The van der Waals surface area contributed by atoms with Crippen molar-refractivity contribution >= 4 is 11.9 Å². The van der Waals surface area contributed by atoms with Crippen LogP contribution in [0.5, 0.6) is 0 Å². The Morgan fingerprint density at radius 1 is 1.00 bits per heavy atom. The molecule has 1 aliphatic heterocycles. The predicted molar refractivity (Wildman–Crippen MR) is 89.4 cm³/mol. The minimum atomic E-state index is -0.597. The summed E-state index contributed by atoms with van der Waals surface area (Å²) in [6.07, 6.45) is 5.57. The van der Waals surface area contributed by atoms with Crippen molar-refractivity contribution in [3.05, 3.63) is 0 Å². The summed E-state index contributed by atoms with van der Waals surface area (Å²) in [4.78, 5) is 22.5.